The molecule has 4 atom stereocenters. The largest absolute Gasteiger partial charge is 0.354 e. The van der Waals surface area contributed by atoms with Gasteiger partial charge in [-0.1, -0.05) is 0 Å². The third kappa shape index (κ3) is 1.20. The monoisotopic (exact) mass is 480 g/mol. The summed E-state index contributed by atoms with van der Waals surface area (Å²) in [6.45, 7) is 0. The van der Waals surface area contributed by atoms with Crippen LogP contribution in [-0.2, 0) is 0 Å². The van der Waals surface area contributed by atoms with Gasteiger partial charge >= 0.3 is 11.8 Å². The molecule has 1 saturated carbocycles. The Hall–Kier alpha value is 0.900. The third-order valence-electron chi connectivity index (χ3n) is 2.44. The molecule has 0 aromatic carbocycles. The zero-order valence-electron chi connectivity index (χ0n) is 6.93. The molecule has 0 bridgehead atoms. The van der Waals surface area contributed by atoms with E-state index in [9.17, 15) is 35.1 Å². The molecular formula is C6H2F8I2. The average molecular weight is 480 g/mol. The summed E-state index contributed by atoms with van der Waals surface area (Å²) in [6.07, 6.45) is 0. The Bertz CT molecular complexity index is 275. The van der Waals surface area contributed by atoms with Gasteiger partial charge in [0.25, 0.3) is 11.3 Å². The maximum absolute atomic E-state index is 13.4. The van der Waals surface area contributed by atoms with Crippen LogP contribution >= 0.6 is 45.2 Å². The molecule has 1 aliphatic carbocycles. The molecule has 0 aromatic heterocycles. The normalized spacial score (nSPS) is 44.6. The van der Waals surface area contributed by atoms with Gasteiger partial charge in [0.15, 0.2) is 8.36 Å². The van der Waals surface area contributed by atoms with E-state index in [1.165, 1.54) is 0 Å². The van der Waals surface area contributed by atoms with E-state index >= 15 is 0 Å². The van der Waals surface area contributed by atoms with E-state index in [1.807, 2.05) is 0 Å². The summed E-state index contributed by atoms with van der Waals surface area (Å²) < 4.78 is 96.1. The van der Waals surface area contributed by atoms with Crippen molar-refractivity contribution in [3.05, 3.63) is 0 Å². The lowest BCUT2D eigenvalue weighted by molar-refractivity contribution is -0.443. The van der Waals surface area contributed by atoms with E-state index < -0.39 is 31.5 Å². The smallest absolute Gasteiger partial charge is 0.232 e. The summed E-state index contributed by atoms with van der Waals surface area (Å²) in [5.74, 6) is -11.2. The van der Waals surface area contributed by atoms with Gasteiger partial charge < -0.3 is 0 Å². The highest BCUT2D eigenvalue weighted by atomic mass is 127. The van der Waals surface area contributed by atoms with Crippen molar-refractivity contribution in [3.63, 3.8) is 0 Å². The minimum Gasteiger partial charge on any atom is -0.232 e. The van der Waals surface area contributed by atoms with Crippen molar-refractivity contribution in [2.75, 3.05) is 0 Å². The summed E-state index contributed by atoms with van der Waals surface area (Å²) in [4.78, 5) is 0. The molecular weight excluding hydrogens is 478 g/mol. The third-order valence-corrected chi connectivity index (χ3v) is 4.16. The van der Waals surface area contributed by atoms with E-state index in [2.05, 4.69) is 0 Å². The van der Waals surface area contributed by atoms with Crippen LogP contribution in [0.3, 0.4) is 0 Å². The summed E-state index contributed by atoms with van der Waals surface area (Å²) >= 11 is 0.744. The van der Waals surface area contributed by atoms with Crippen molar-refractivity contribution in [1.29, 1.82) is 0 Å². The van der Waals surface area contributed by atoms with Gasteiger partial charge in [-0.25, -0.2) is 17.6 Å². The van der Waals surface area contributed by atoms with Gasteiger partial charge in [0, 0.05) is 0 Å². The maximum atomic E-state index is 13.4. The first-order valence-electron chi connectivity index (χ1n) is 3.58. The Kier molecular flexibility index (Phi) is 3.46. The van der Waals surface area contributed by atoms with Crippen LogP contribution in [0.4, 0.5) is 35.1 Å². The molecule has 0 N–H and O–H groups in total. The molecule has 1 aliphatic rings. The molecule has 96 valence electrons. The molecule has 4 unspecified atom stereocenters. The highest BCUT2D eigenvalue weighted by Crippen LogP contribution is 2.72. The molecule has 0 aromatic rings. The van der Waals surface area contributed by atoms with Crippen LogP contribution in [0.2, 0.25) is 0 Å². The van der Waals surface area contributed by atoms with Crippen molar-refractivity contribution in [2.45, 2.75) is 31.5 Å². The van der Waals surface area contributed by atoms with E-state index in [1.54, 1.807) is 0 Å². The topological polar surface area (TPSA) is 0 Å². The van der Waals surface area contributed by atoms with Gasteiger partial charge in [0.2, 0.25) is 0 Å². The molecule has 0 radical (unpaired) electrons. The second-order valence-corrected chi connectivity index (χ2v) is 5.36. The van der Waals surface area contributed by atoms with Crippen molar-refractivity contribution in [3.8, 4) is 0 Å². The fraction of sp³-hybridized carbons (Fsp3) is 1.00. The van der Waals surface area contributed by atoms with Gasteiger partial charge in [-0.05, 0) is 45.2 Å². The Morgan fingerprint density at radius 1 is 0.625 bits per heavy atom. The van der Waals surface area contributed by atoms with E-state index in [4.69, 9.17) is 0 Å². The van der Waals surface area contributed by atoms with Crippen LogP contribution in [-0.4, -0.2) is 31.5 Å². The van der Waals surface area contributed by atoms with Crippen LogP contribution < -0.4 is 0 Å². The van der Waals surface area contributed by atoms with Crippen molar-refractivity contribution in [1.82, 2.24) is 0 Å². The van der Waals surface area contributed by atoms with Gasteiger partial charge in [-0.2, -0.15) is 17.6 Å². The van der Waals surface area contributed by atoms with Crippen LogP contribution in [0, 0.1) is 0 Å². The Balaban J connectivity index is 3.39. The number of halogens is 10. The molecule has 1 rings (SSSR count). The highest BCUT2D eigenvalue weighted by Gasteiger charge is 3.01. The molecule has 0 saturated heterocycles. The highest BCUT2D eigenvalue weighted by molar-refractivity contribution is 14.1. The number of rotatable bonds is 2. The van der Waals surface area contributed by atoms with E-state index in [0.717, 1.165) is 0 Å². The summed E-state index contributed by atoms with van der Waals surface area (Å²) in [6, 6.07) is 0. The molecule has 0 nitrogen and oxygen atoms in total. The maximum Gasteiger partial charge on any atom is 0.354 e. The zero-order valence-corrected chi connectivity index (χ0v) is 11.2. The molecule has 0 spiro atoms. The molecule has 0 aliphatic heterocycles. The number of hydrogen-bond donors (Lipinski definition) is 0. The first-order chi connectivity index (χ1) is 6.89. The predicted octanol–water partition coefficient (Wildman–Crippen LogP) is 4.15. The minimum atomic E-state index is -5.59. The summed E-state index contributed by atoms with van der Waals surface area (Å²) in [5, 5.41) is 0. The number of alkyl halides is 10. The predicted molar refractivity (Wildman–Crippen MR) is 55.4 cm³/mol. The summed E-state index contributed by atoms with van der Waals surface area (Å²) in [7, 11) is 0. The van der Waals surface area contributed by atoms with Gasteiger partial charge in [0.1, 0.15) is 0 Å². The van der Waals surface area contributed by atoms with E-state index in [-0.39, 0.29) is 0 Å². The van der Waals surface area contributed by atoms with Crippen LogP contribution in [0.15, 0.2) is 0 Å². The molecule has 16 heavy (non-hydrogen) atoms. The fourth-order valence-electron chi connectivity index (χ4n) is 1.44. The molecule has 0 heterocycles. The fourth-order valence-corrected chi connectivity index (χ4v) is 3.13. The SMILES string of the molecule is FC(I)C1(F)C(F)(F)C(F)(F)C1(F)C(F)I. The average Bonchev–Trinajstić information content (AvgIpc) is 2.12. The lowest BCUT2D eigenvalue weighted by Gasteiger charge is -2.58. The number of hydrogen-bond acceptors (Lipinski definition) is 0. The van der Waals surface area contributed by atoms with Crippen LogP contribution in [0.1, 0.15) is 0 Å². The second kappa shape index (κ2) is 3.70. The van der Waals surface area contributed by atoms with Crippen molar-refractivity contribution < 1.29 is 35.1 Å². The van der Waals surface area contributed by atoms with Gasteiger partial charge in [-0.3, -0.25) is 0 Å². The van der Waals surface area contributed by atoms with Crippen molar-refractivity contribution in [2.24, 2.45) is 0 Å². The van der Waals surface area contributed by atoms with Gasteiger partial charge in [-0.15, -0.1) is 0 Å². The molecule has 0 amide bonds. The van der Waals surface area contributed by atoms with E-state index in [0.29, 0.717) is 45.2 Å². The Morgan fingerprint density at radius 2 is 0.812 bits per heavy atom. The zero-order chi connectivity index (χ0) is 13.2. The first-order valence-corrected chi connectivity index (χ1v) is 6.08. The molecule has 10 heteroatoms. The standard InChI is InChI=1S/C6H2F8I2/c7-1(15)3(9)4(10,2(8)16)6(13,14)5(3,11)12/h1-2H. The quantitative estimate of drug-likeness (QED) is 0.317. The lowest BCUT2D eigenvalue weighted by Crippen LogP contribution is -2.89. The summed E-state index contributed by atoms with van der Waals surface area (Å²) in [5.41, 5.74) is -9.77. The second-order valence-electron chi connectivity index (χ2n) is 3.17. The molecule has 1 fully saturated rings. The van der Waals surface area contributed by atoms with Gasteiger partial charge in [0.05, 0.1) is 0 Å². The first kappa shape index (κ1) is 15.0. The lowest BCUT2D eigenvalue weighted by atomic mass is 9.62. The van der Waals surface area contributed by atoms with Crippen molar-refractivity contribution >= 4 is 45.2 Å². The van der Waals surface area contributed by atoms with Crippen LogP contribution in [0.25, 0.3) is 0 Å². The van der Waals surface area contributed by atoms with Crippen LogP contribution in [0.5, 0.6) is 0 Å². The Labute approximate surface area is 111 Å². The minimum absolute atomic E-state index is 0.372. The Morgan fingerprint density at radius 3 is 0.938 bits per heavy atom.